The fraction of sp³-hybridized carbons (Fsp3) is 0.303. The Hall–Kier alpha value is -3.79. The van der Waals surface area contributed by atoms with Gasteiger partial charge in [0.15, 0.2) is 5.78 Å². The normalized spacial score (nSPS) is 28.4. The number of aryl methyl sites for hydroxylation is 2. The Morgan fingerprint density at radius 2 is 1.14 bits per heavy atom. The van der Waals surface area contributed by atoms with Crippen LogP contribution in [0.1, 0.15) is 48.9 Å². The van der Waals surface area contributed by atoms with Gasteiger partial charge < -0.3 is 0 Å². The molecule has 3 aliphatic rings. The molecule has 4 nitrogen and oxygen atoms in total. The Labute approximate surface area is 218 Å². The molecule has 1 heterocycles. The van der Waals surface area contributed by atoms with Crippen LogP contribution in [0.4, 0.5) is 5.69 Å². The number of benzene rings is 3. The van der Waals surface area contributed by atoms with Gasteiger partial charge in [-0.1, -0.05) is 92.2 Å². The molecule has 4 atom stereocenters. The van der Waals surface area contributed by atoms with E-state index in [0.29, 0.717) is 18.5 Å². The lowest BCUT2D eigenvalue weighted by Crippen LogP contribution is -2.42. The summed E-state index contributed by atoms with van der Waals surface area (Å²) in [6, 6.07) is 25.8. The third-order valence-electron chi connectivity index (χ3n) is 9.15. The van der Waals surface area contributed by atoms with Crippen molar-refractivity contribution in [2.45, 2.75) is 40.5 Å². The number of amides is 2. The molecule has 0 spiro atoms. The maximum atomic E-state index is 14.7. The van der Waals surface area contributed by atoms with Crippen molar-refractivity contribution >= 4 is 34.4 Å². The van der Waals surface area contributed by atoms with Gasteiger partial charge in [-0.2, -0.15) is 0 Å². The zero-order valence-electron chi connectivity index (χ0n) is 21.7. The second-order valence-corrected chi connectivity index (χ2v) is 10.7. The number of hydrogen-bond donors (Lipinski definition) is 0. The molecule has 1 saturated heterocycles. The molecule has 0 radical (unpaired) electrons. The second kappa shape index (κ2) is 8.11. The Bertz CT molecular complexity index is 1400. The highest BCUT2D eigenvalue weighted by Gasteiger charge is 2.80. The van der Waals surface area contributed by atoms with E-state index in [2.05, 4.69) is 0 Å². The minimum atomic E-state index is -1.05. The molecule has 0 aromatic heterocycles. The number of allylic oxidation sites excluding steroid dienone is 2. The summed E-state index contributed by atoms with van der Waals surface area (Å²) in [4.78, 5) is 44.8. The molecule has 6 rings (SSSR count). The lowest BCUT2D eigenvalue weighted by Gasteiger charge is -2.38. The highest BCUT2D eigenvalue weighted by molar-refractivity contribution is 6.34. The molecule has 37 heavy (non-hydrogen) atoms. The summed E-state index contributed by atoms with van der Waals surface area (Å²) in [7, 11) is 0. The SMILES string of the molecule is CCC12C(=O)C(CC)(C(c3ccccc3)=C1c1ccccc1)C1C(=O)N(c3ccc(C)cc3C)C(=O)C12. The summed E-state index contributed by atoms with van der Waals surface area (Å²) < 4.78 is 0. The number of anilines is 1. The van der Waals surface area contributed by atoms with Gasteiger partial charge in [-0.25, -0.2) is 4.90 Å². The third kappa shape index (κ3) is 2.76. The van der Waals surface area contributed by atoms with E-state index in [4.69, 9.17) is 0 Å². The first kappa shape index (κ1) is 23.6. The van der Waals surface area contributed by atoms with Gasteiger partial charge in [-0.05, 0) is 60.6 Å². The van der Waals surface area contributed by atoms with Gasteiger partial charge in [0, 0.05) is 0 Å². The van der Waals surface area contributed by atoms with Crippen LogP contribution in [0.2, 0.25) is 0 Å². The van der Waals surface area contributed by atoms with Crippen molar-refractivity contribution < 1.29 is 14.4 Å². The predicted octanol–water partition coefficient (Wildman–Crippen LogP) is 6.41. The maximum Gasteiger partial charge on any atom is 0.239 e. The van der Waals surface area contributed by atoms with Crippen LogP contribution in [0.25, 0.3) is 11.1 Å². The van der Waals surface area contributed by atoms with Crippen LogP contribution in [-0.2, 0) is 14.4 Å². The van der Waals surface area contributed by atoms with Crippen LogP contribution in [-0.4, -0.2) is 17.6 Å². The fourth-order valence-corrected chi connectivity index (χ4v) is 7.75. The number of rotatable bonds is 5. The number of imide groups is 1. The Balaban J connectivity index is 1.67. The molecule has 1 saturated carbocycles. The van der Waals surface area contributed by atoms with E-state index < -0.39 is 22.7 Å². The first-order valence-electron chi connectivity index (χ1n) is 13.2. The van der Waals surface area contributed by atoms with Crippen molar-refractivity contribution in [1.29, 1.82) is 0 Å². The van der Waals surface area contributed by atoms with Gasteiger partial charge in [0.25, 0.3) is 0 Å². The summed E-state index contributed by atoms with van der Waals surface area (Å²) >= 11 is 0. The molecule has 3 aromatic carbocycles. The van der Waals surface area contributed by atoms with Gasteiger partial charge in [0.05, 0.1) is 28.4 Å². The predicted molar refractivity (Wildman–Crippen MR) is 146 cm³/mol. The monoisotopic (exact) mass is 489 g/mol. The van der Waals surface area contributed by atoms with Crippen LogP contribution in [0.3, 0.4) is 0 Å². The van der Waals surface area contributed by atoms with E-state index in [1.165, 1.54) is 4.90 Å². The van der Waals surface area contributed by atoms with Gasteiger partial charge in [-0.3, -0.25) is 14.4 Å². The van der Waals surface area contributed by atoms with Crippen molar-refractivity contribution in [2.24, 2.45) is 22.7 Å². The van der Waals surface area contributed by atoms with E-state index >= 15 is 0 Å². The summed E-state index contributed by atoms with van der Waals surface area (Å²) in [6.07, 6.45) is 0.935. The number of ketones is 1. The molecule has 2 aliphatic carbocycles. The number of hydrogen-bond acceptors (Lipinski definition) is 3. The Morgan fingerprint density at radius 1 is 0.676 bits per heavy atom. The van der Waals surface area contributed by atoms with Crippen molar-refractivity contribution in [3.8, 4) is 0 Å². The third-order valence-corrected chi connectivity index (χ3v) is 9.15. The molecule has 3 aromatic rings. The Morgan fingerprint density at radius 3 is 1.54 bits per heavy atom. The average Bonchev–Trinajstić information content (AvgIpc) is 3.41. The molecule has 2 amide bonds. The number of fused-ring (bicyclic) bond motifs is 5. The minimum absolute atomic E-state index is 0.0414. The van der Waals surface area contributed by atoms with Gasteiger partial charge in [0.2, 0.25) is 11.8 Å². The first-order valence-corrected chi connectivity index (χ1v) is 13.2. The molecule has 186 valence electrons. The number of carbonyl (C=O) groups excluding carboxylic acids is 3. The molecule has 4 unspecified atom stereocenters. The van der Waals surface area contributed by atoms with Crippen molar-refractivity contribution in [1.82, 2.24) is 0 Å². The van der Waals surface area contributed by atoms with E-state index in [0.717, 1.165) is 33.4 Å². The van der Waals surface area contributed by atoms with E-state index in [-0.39, 0.29) is 17.6 Å². The zero-order valence-corrected chi connectivity index (χ0v) is 21.7. The second-order valence-electron chi connectivity index (χ2n) is 10.7. The van der Waals surface area contributed by atoms with Crippen LogP contribution in [0.5, 0.6) is 0 Å². The van der Waals surface area contributed by atoms with Crippen LogP contribution >= 0.6 is 0 Å². The maximum absolute atomic E-state index is 14.7. The van der Waals surface area contributed by atoms with Gasteiger partial charge >= 0.3 is 0 Å². The Kier molecular flexibility index (Phi) is 5.17. The molecule has 2 bridgehead atoms. The summed E-state index contributed by atoms with van der Waals surface area (Å²) in [5.41, 5.74) is 4.26. The topological polar surface area (TPSA) is 54.5 Å². The van der Waals surface area contributed by atoms with E-state index in [9.17, 15) is 14.4 Å². The first-order chi connectivity index (χ1) is 17.8. The summed E-state index contributed by atoms with van der Waals surface area (Å²) in [5.74, 6) is -1.86. The smallest absolute Gasteiger partial charge is 0.239 e. The lowest BCUT2D eigenvalue weighted by molar-refractivity contribution is -0.134. The van der Waals surface area contributed by atoms with Crippen LogP contribution in [0.15, 0.2) is 78.9 Å². The van der Waals surface area contributed by atoms with E-state index in [1.54, 1.807) is 0 Å². The fourth-order valence-electron chi connectivity index (χ4n) is 7.75. The largest absolute Gasteiger partial charge is 0.298 e. The number of Topliss-reactive ketones (excluding diaryl/α,β-unsaturated/α-hetero) is 1. The molecule has 1 aliphatic heterocycles. The van der Waals surface area contributed by atoms with Crippen LogP contribution in [0, 0.1) is 36.5 Å². The number of nitrogens with zero attached hydrogens (tertiary/aromatic N) is 1. The number of carbonyl (C=O) groups is 3. The molecular formula is C33H31NO3. The lowest BCUT2D eigenvalue weighted by atomic mass is 9.60. The van der Waals surface area contributed by atoms with Crippen molar-refractivity contribution in [3.63, 3.8) is 0 Å². The van der Waals surface area contributed by atoms with Crippen molar-refractivity contribution in [2.75, 3.05) is 4.90 Å². The molecule has 4 heteroatoms. The highest BCUT2D eigenvalue weighted by atomic mass is 16.2. The zero-order chi connectivity index (χ0) is 26.1. The van der Waals surface area contributed by atoms with E-state index in [1.807, 2.05) is 107 Å². The highest BCUT2D eigenvalue weighted by Crippen LogP contribution is 2.75. The minimum Gasteiger partial charge on any atom is -0.298 e. The van der Waals surface area contributed by atoms with Crippen LogP contribution < -0.4 is 4.90 Å². The average molecular weight is 490 g/mol. The quantitative estimate of drug-likeness (QED) is 0.389. The summed E-state index contributed by atoms with van der Waals surface area (Å²) in [6.45, 7) is 7.92. The standard InChI is InChI=1S/C33H31NO3/c1-5-32-25(22-13-9-7-10-14-22)26(23-15-11-8-12-16-23)33(6-2,31(32)37)28-27(32)29(35)34(30(28)36)24-18-17-20(3)19-21(24)4/h7-19,27-28H,5-6H2,1-4H3. The van der Waals surface area contributed by atoms with Gasteiger partial charge in [0.1, 0.15) is 0 Å². The summed E-state index contributed by atoms with van der Waals surface area (Å²) in [5, 5.41) is 0. The molecule has 0 N–H and O–H groups in total. The van der Waals surface area contributed by atoms with Gasteiger partial charge in [-0.15, -0.1) is 0 Å². The van der Waals surface area contributed by atoms with Crippen molar-refractivity contribution in [3.05, 3.63) is 101 Å². The molecular weight excluding hydrogens is 458 g/mol. The molecule has 2 fully saturated rings.